The Kier molecular flexibility index (Phi) is 3.74. The Morgan fingerprint density at radius 1 is 1.60 bits per heavy atom. The number of aromatic nitrogens is 1. The van der Waals surface area contributed by atoms with Crippen LogP contribution in [0, 0.1) is 0 Å². The normalized spacial score (nSPS) is 11.5. The Labute approximate surface area is 94.0 Å². The number of carbonyl (C=O) groups excluding carboxylic acids is 1. The van der Waals surface area contributed by atoms with Crippen molar-refractivity contribution in [3.05, 3.63) is 17.5 Å². The second kappa shape index (κ2) is 4.66. The minimum absolute atomic E-state index is 0.0414. The molecule has 0 unspecified atom stereocenters. The highest BCUT2D eigenvalue weighted by Crippen LogP contribution is 2.21. The number of amides is 1. The summed E-state index contributed by atoms with van der Waals surface area (Å²) < 4.78 is 5.08. The molecule has 1 rings (SSSR count). The van der Waals surface area contributed by atoms with Crippen molar-refractivity contribution in [2.75, 3.05) is 5.88 Å². The van der Waals surface area contributed by atoms with Gasteiger partial charge in [-0.3, -0.25) is 4.79 Å². The topological polar surface area (TPSA) is 55.1 Å². The molecule has 0 atom stereocenters. The second-order valence-electron chi connectivity index (χ2n) is 4.34. The average Bonchev–Trinajstić information content (AvgIpc) is 2.61. The predicted molar refractivity (Wildman–Crippen MR) is 57.8 cm³/mol. The van der Waals surface area contributed by atoms with E-state index in [1.54, 1.807) is 0 Å². The second-order valence-corrected chi connectivity index (χ2v) is 4.61. The van der Waals surface area contributed by atoms with Crippen LogP contribution in [-0.4, -0.2) is 16.9 Å². The van der Waals surface area contributed by atoms with Crippen molar-refractivity contribution < 1.29 is 9.32 Å². The van der Waals surface area contributed by atoms with E-state index in [0.717, 1.165) is 5.69 Å². The number of alkyl halides is 1. The third-order valence-corrected chi connectivity index (χ3v) is 2.15. The highest BCUT2D eigenvalue weighted by atomic mass is 35.5. The van der Waals surface area contributed by atoms with Crippen molar-refractivity contribution in [3.63, 3.8) is 0 Å². The molecule has 84 valence electrons. The lowest BCUT2D eigenvalue weighted by atomic mass is 9.92. The maximum absolute atomic E-state index is 10.9. The van der Waals surface area contributed by atoms with Crippen molar-refractivity contribution in [2.45, 2.75) is 32.7 Å². The van der Waals surface area contributed by atoms with Crippen LogP contribution >= 0.6 is 11.6 Å². The number of halogens is 1. The van der Waals surface area contributed by atoms with E-state index in [1.807, 2.05) is 26.8 Å². The Morgan fingerprint density at radius 2 is 2.27 bits per heavy atom. The van der Waals surface area contributed by atoms with Crippen LogP contribution in [0.2, 0.25) is 0 Å². The first-order valence-electron chi connectivity index (χ1n) is 4.72. The van der Waals surface area contributed by atoms with Gasteiger partial charge in [-0.2, -0.15) is 0 Å². The Hall–Kier alpha value is -1.03. The largest absolute Gasteiger partial charge is 0.359 e. The van der Waals surface area contributed by atoms with Gasteiger partial charge in [-0.05, 0) is 0 Å². The molecular weight excluding hydrogens is 216 g/mol. The fraction of sp³-hybridized carbons (Fsp3) is 0.600. The molecule has 0 bridgehead atoms. The molecule has 1 aromatic rings. The molecule has 0 spiro atoms. The van der Waals surface area contributed by atoms with E-state index >= 15 is 0 Å². The van der Waals surface area contributed by atoms with Crippen molar-refractivity contribution in [1.29, 1.82) is 0 Å². The van der Waals surface area contributed by atoms with Gasteiger partial charge < -0.3 is 9.84 Å². The van der Waals surface area contributed by atoms with E-state index in [4.69, 9.17) is 16.1 Å². The summed E-state index contributed by atoms with van der Waals surface area (Å²) in [6.07, 6.45) is 0. The number of rotatable bonds is 3. The quantitative estimate of drug-likeness (QED) is 0.806. The first kappa shape index (κ1) is 12.0. The average molecular weight is 231 g/mol. The molecule has 0 fully saturated rings. The third kappa shape index (κ3) is 3.55. The molecule has 5 heteroatoms. The lowest BCUT2D eigenvalue weighted by Crippen LogP contribution is -2.23. The van der Waals surface area contributed by atoms with Gasteiger partial charge in [0.25, 0.3) is 0 Å². The summed E-state index contributed by atoms with van der Waals surface area (Å²) >= 11 is 5.34. The molecule has 1 heterocycles. The zero-order valence-electron chi connectivity index (χ0n) is 9.13. The van der Waals surface area contributed by atoms with Gasteiger partial charge in [-0.15, -0.1) is 11.6 Å². The first-order valence-corrected chi connectivity index (χ1v) is 5.25. The predicted octanol–water partition coefficient (Wildman–Crippen LogP) is 1.83. The molecule has 0 aliphatic carbocycles. The minimum Gasteiger partial charge on any atom is -0.359 e. The number of nitrogens with zero attached hydrogens (tertiary/aromatic N) is 1. The molecule has 1 N–H and O–H groups in total. The van der Waals surface area contributed by atoms with Crippen LogP contribution in [0.15, 0.2) is 10.6 Å². The highest BCUT2D eigenvalue weighted by molar-refractivity contribution is 6.27. The Bertz CT molecular complexity index is 341. The Balaban J connectivity index is 2.58. The van der Waals surface area contributed by atoms with E-state index in [2.05, 4.69) is 10.5 Å². The molecule has 0 saturated heterocycles. The van der Waals surface area contributed by atoms with Gasteiger partial charge in [-0.25, -0.2) is 0 Å². The molecule has 0 saturated carbocycles. The number of hydrogen-bond donors (Lipinski definition) is 1. The lowest BCUT2D eigenvalue weighted by Gasteiger charge is -2.12. The van der Waals surface area contributed by atoms with Gasteiger partial charge in [0.15, 0.2) is 5.76 Å². The molecular formula is C10H15ClN2O2. The maximum atomic E-state index is 10.9. The van der Waals surface area contributed by atoms with E-state index in [9.17, 15) is 4.79 Å². The first-order chi connectivity index (χ1) is 6.93. The van der Waals surface area contributed by atoms with Crippen LogP contribution in [0.25, 0.3) is 0 Å². The summed E-state index contributed by atoms with van der Waals surface area (Å²) in [7, 11) is 0. The number of hydrogen-bond acceptors (Lipinski definition) is 3. The van der Waals surface area contributed by atoms with Gasteiger partial charge in [0.2, 0.25) is 5.91 Å². The van der Waals surface area contributed by atoms with E-state index in [1.165, 1.54) is 0 Å². The van der Waals surface area contributed by atoms with Crippen molar-refractivity contribution in [3.8, 4) is 0 Å². The molecule has 15 heavy (non-hydrogen) atoms. The molecule has 1 amide bonds. The highest BCUT2D eigenvalue weighted by Gasteiger charge is 2.18. The van der Waals surface area contributed by atoms with Crippen LogP contribution in [0.4, 0.5) is 0 Å². The minimum atomic E-state index is -0.217. The molecule has 0 aliphatic rings. The van der Waals surface area contributed by atoms with Gasteiger partial charge in [0.05, 0.1) is 12.2 Å². The standard InChI is InChI=1S/C10H15ClN2O2/c1-10(2,3)8-4-7(15-13-8)6-12-9(14)5-11/h4H,5-6H2,1-3H3,(H,12,14). The van der Waals surface area contributed by atoms with Crippen molar-refractivity contribution in [2.24, 2.45) is 0 Å². The van der Waals surface area contributed by atoms with Gasteiger partial charge in [0.1, 0.15) is 5.88 Å². The van der Waals surface area contributed by atoms with Crippen LogP contribution in [-0.2, 0) is 16.8 Å². The summed E-state index contributed by atoms with van der Waals surface area (Å²) in [5, 5.41) is 6.54. The monoisotopic (exact) mass is 230 g/mol. The summed E-state index contributed by atoms with van der Waals surface area (Å²) in [4.78, 5) is 10.9. The SMILES string of the molecule is CC(C)(C)c1cc(CNC(=O)CCl)on1. The summed E-state index contributed by atoms with van der Waals surface area (Å²) in [5.41, 5.74) is 0.829. The number of nitrogens with one attached hydrogen (secondary N) is 1. The third-order valence-electron chi connectivity index (χ3n) is 1.91. The fourth-order valence-electron chi connectivity index (χ4n) is 0.983. The lowest BCUT2D eigenvalue weighted by molar-refractivity contribution is -0.118. The summed E-state index contributed by atoms with van der Waals surface area (Å²) in [6.45, 7) is 6.47. The van der Waals surface area contributed by atoms with Crippen LogP contribution in [0.1, 0.15) is 32.2 Å². The molecule has 0 aliphatic heterocycles. The van der Waals surface area contributed by atoms with E-state index in [-0.39, 0.29) is 17.2 Å². The summed E-state index contributed by atoms with van der Waals surface area (Å²) in [6, 6.07) is 1.84. The molecule has 0 radical (unpaired) electrons. The van der Waals surface area contributed by atoms with E-state index < -0.39 is 0 Å². The van der Waals surface area contributed by atoms with Crippen LogP contribution in [0.3, 0.4) is 0 Å². The Morgan fingerprint density at radius 3 is 2.73 bits per heavy atom. The zero-order chi connectivity index (χ0) is 11.5. The van der Waals surface area contributed by atoms with Crippen LogP contribution < -0.4 is 5.32 Å². The summed E-state index contributed by atoms with van der Waals surface area (Å²) in [5.74, 6) is 0.379. The zero-order valence-corrected chi connectivity index (χ0v) is 9.89. The van der Waals surface area contributed by atoms with E-state index in [0.29, 0.717) is 12.3 Å². The maximum Gasteiger partial charge on any atom is 0.235 e. The van der Waals surface area contributed by atoms with Gasteiger partial charge in [-0.1, -0.05) is 25.9 Å². The van der Waals surface area contributed by atoms with Crippen molar-refractivity contribution >= 4 is 17.5 Å². The van der Waals surface area contributed by atoms with Gasteiger partial charge in [0, 0.05) is 11.5 Å². The van der Waals surface area contributed by atoms with Crippen molar-refractivity contribution in [1.82, 2.24) is 10.5 Å². The van der Waals surface area contributed by atoms with Crippen LogP contribution in [0.5, 0.6) is 0 Å². The van der Waals surface area contributed by atoms with Gasteiger partial charge >= 0.3 is 0 Å². The molecule has 4 nitrogen and oxygen atoms in total. The smallest absolute Gasteiger partial charge is 0.235 e. The fourth-order valence-corrected chi connectivity index (χ4v) is 1.08. The number of carbonyl (C=O) groups is 1. The molecule has 0 aromatic carbocycles. The molecule has 1 aromatic heterocycles.